The van der Waals surface area contributed by atoms with Crippen LogP contribution in [-0.2, 0) is 0 Å². The Hall–Kier alpha value is -14.8. The van der Waals surface area contributed by atoms with Crippen molar-refractivity contribution in [2.24, 2.45) is 0 Å². The maximum atomic E-state index is 7.57. The van der Waals surface area contributed by atoms with Crippen molar-refractivity contribution in [3.63, 3.8) is 0 Å². The predicted molar refractivity (Wildman–Crippen MR) is 557 cm³/mol. The molecule has 24 bridgehead atoms. The molecule has 17 aromatic rings. The van der Waals surface area contributed by atoms with Gasteiger partial charge in [0.05, 0.1) is 62.5 Å². The molecular formula is C132H84Cl6. The van der Waals surface area contributed by atoms with Gasteiger partial charge < -0.3 is 0 Å². The summed E-state index contributed by atoms with van der Waals surface area (Å²) in [4.78, 5) is 0. The number of benzene rings is 5. The third-order valence-electron chi connectivity index (χ3n) is 27.2. The fraction of sp³-hybridized carbons (Fsp3) is 0.227. The quantitative estimate of drug-likeness (QED) is 0.142. The summed E-state index contributed by atoms with van der Waals surface area (Å²) in [6.45, 7) is 0. The summed E-state index contributed by atoms with van der Waals surface area (Å²) < 4.78 is 0. The summed E-state index contributed by atoms with van der Waals surface area (Å²) in [7, 11) is 0. The summed E-state index contributed by atoms with van der Waals surface area (Å²) in [6, 6.07) is 147. The third kappa shape index (κ3) is 21.5. The first kappa shape index (κ1) is 92.3. The Morgan fingerprint density at radius 2 is 0.246 bits per heavy atom. The van der Waals surface area contributed by atoms with Gasteiger partial charge in [-0.15, -0.1) is 0 Å². The first-order valence-electron chi connectivity index (χ1n) is 47.5. The fourth-order valence-corrected chi connectivity index (χ4v) is 22.0. The second-order valence-electron chi connectivity index (χ2n) is 35.8. The molecule has 0 heterocycles. The zero-order valence-electron chi connectivity index (χ0n) is 75.7. The maximum absolute atomic E-state index is 7.57. The zero-order valence-corrected chi connectivity index (χ0v) is 80.2. The lowest BCUT2D eigenvalue weighted by Crippen LogP contribution is -1.99. The van der Waals surface area contributed by atoms with Crippen molar-refractivity contribution < 1.29 is 0 Å². The van der Waals surface area contributed by atoms with Crippen LogP contribution < -0.4 is 0 Å². The van der Waals surface area contributed by atoms with Crippen molar-refractivity contribution in [3.8, 4) is 0 Å². The number of halogens is 6. The normalized spacial score (nSPS) is 21.1. The van der Waals surface area contributed by atoms with E-state index >= 15 is 0 Å². The maximum Gasteiger partial charge on any atom is 0.0750 e. The number of hydrogen-bond acceptors (Lipinski definition) is 0. The SMILES string of the molecule is Clc1c2c#cc#cc3c(c#cc4ccc(c#cc5c(c#cc#cc6c(Cl)c7c#cc#cc8c(c#cc9ccc(c#cc%10c(c#cc#cc1c(Cl)c(c#cc#cc1c(c#cc%11ccc(c#cc%12c(c#cc#cc(c6Cl)c7Cl)C6C=CC=CC%12CCC6)cc%11)C6C=CC=CC1CCC6)c2Cl)C1C=CC=CC%10CCC1)cc9)C1C=CC=CC8CCC1)C1C=CC=CC5CCC1)cc4)C1C=CC=CC3CCC1. The van der Waals surface area contributed by atoms with Gasteiger partial charge in [0.25, 0.3) is 0 Å². The smallest absolute Gasteiger partial charge is 0.0750 e. The van der Waals surface area contributed by atoms with Crippen molar-refractivity contribution in [3.05, 3.63) is 534 Å². The monoisotopic (exact) mass is 1880 g/mol. The molecule has 0 spiro atoms. The van der Waals surface area contributed by atoms with Gasteiger partial charge in [0.2, 0.25) is 0 Å². The molecule has 0 aromatic heterocycles. The van der Waals surface area contributed by atoms with Gasteiger partial charge >= 0.3 is 0 Å². The van der Waals surface area contributed by atoms with Gasteiger partial charge in [-0.1, -0.05) is 363 Å². The van der Waals surface area contributed by atoms with Crippen LogP contribution in [0.4, 0.5) is 0 Å². The molecule has 0 amide bonds. The van der Waals surface area contributed by atoms with E-state index in [4.69, 9.17) is 69.6 Å². The van der Waals surface area contributed by atoms with E-state index in [0.29, 0.717) is 0 Å². The lowest BCUT2D eigenvalue weighted by molar-refractivity contribution is 0.646. The summed E-state index contributed by atoms with van der Waals surface area (Å²) in [5, 5.41) is 7.33. The summed E-state index contributed by atoms with van der Waals surface area (Å²) in [6.07, 6.45) is 68.7. The minimum absolute atomic E-state index is 0.00891. The molecular weight excluding hydrogens is 1800 g/mol. The molecule has 17 aromatic carbocycles. The Morgan fingerprint density at radius 3 is 0.370 bits per heavy atom. The van der Waals surface area contributed by atoms with E-state index < -0.39 is 0 Å². The van der Waals surface area contributed by atoms with Crippen LogP contribution in [-0.4, -0.2) is 0 Å². The van der Waals surface area contributed by atoms with Crippen LogP contribution in [0.2, 0.25) is 30.1 Å². The molecule has 12 aliphatic rings. The summed E-state index contributed by atoms with van der Waals surface area (Å²) in [5.74, 6) is 0.0619. The lowest BCUT2D eigenvalue weighted by atomic mass is 9.89. The molecule has 138 heavy (non-hydrogen) atoms. The molecule has 0 N–H and O–H groups in total. The van der Waals surface area contributed by atoms with E-state index in [9.17, 15) is 0 Å². The van der Waals surface area contributed by atoms with Gasteiger partial charge in [0, 0.05) is 170 Å². The van der Waals surface area contributed by atoms with E-state index in [1.165, 1.54) is 0 Å². The Kier molecular flexibility index (Phi) is 29.7. The summed E-state index contributed by atoms with van der Waals surface area (Å²) in [5.41, 5.74) is 11.2. The topological polar surface area (TPSA) is 0 Å². The molecule has 654 valence electrons. The Bertz CT molecular complexity index is 6020. The second-order valence-corrected chi connectivity index (χ2v) is 38.1. The molecule has 12 atom stereocenters. The molecule has 6 heteroatoms. The molecule has 0 aliphatic heterocycles. The lowest BCUT2D eigenvalue weighted by Gasteiger charge is -2.13. The third-order valence-corrected chi connectivity index (χ3v) is 29.4. The predicted octanol–water partition coefficient (Wildman–Crippen LogP) is 33.7. The average Bonchev–Trinajstić information content (AvgIpc) is 0.972. The van der Waals surface area contributed by atoms with E-state index in [-0.39, 0.29) is 133 Å². The molecule has 0 saturated carbocycles. The van der Waals surface area contributed by atoms with Gasteiger partial charge in [-0.05, 0) is 259 Å². The zero-order chi connectivity index (χ0) is 93.9. The minimum atomic E-state index is -0.00891. The Morgan fingerprint density at radius 1 is 0.138 bits per heavy atom. The van der Waals surface area contributed by atoms with Crippen LogP contribution in [0.5, 0.6) is 0 Å². The highest BCUT2D eigenvalue weighted by Crippen LogP contribution is 2.46. The van der Waals surface area contributed by atoms with Gasteiger partial charge in [-0.2, -0.15) is 0 Å². The molecule has 0 saturated heterocycles. The molecule has 12 unspecified atom stereocenters. The molecule has 0 fully saturated rings. The largest absolute Gasteiger partial charge is 0.0815 e. The molecule has 12 aliphatic carbocycles. The fourth-order valence-electron chi connectivity index (χ4n) is 20.0. The van der Waals surface area contributed by atoms with Crippen LogP contribution in [0, 0.1) is 218 Å². The molecule has 29 rings (SSSR count). The number of hydrogen-bond donors (Lipinski definition) is 0. The van der Waals surface area contributed by atoms with Crippen LogP contribution in [0.25, 0.3) is 64.6 Å². The standard InChI is InChI=1S/C132H84Cl6/c133-127-121-61-19-13-55-109-97-31-1-7-37-103(49-25-43-97)115(109)85-79-91-67-69-92(70-68-91)80-86-116-104-38-8-2-32-98(44-26-50-104)110(116)58-16-22-64-124-130(136)125-65-23-17-59-113-101-35-5-11-41-107(53-29-47-101)119(113)89-83-95-75-71-93(72-76-95)81-87-117-105-39-9-3-33-99(45-27-51-105)111(117)56-14-20-62-122(127)129(135)123(128(121)134)63-21-15-57-112-100-34-4-10-40-106(52-28-46-100)118(112)88-82-94-73-77-96(78-74-94)84-90-120-108-42-12-6-36-102(48-30-54-108)114(120)60-18-24-66-126(131(124)137)132(125)138/h1-12,31-42,67-78,97-108H,25-30,43-54H2. The second kappa shape index (κ2) is 44.4. The minimum Gasteiger partial charge on any atom is -0.0815 e. The first-order chi connectivity index (χ1) is 68.0. The average molecular weight is 1880 g/mol. The highest BCUT2D eigenvalue weighted by atomic mass is 35.5. The van der Waals surface area contributed by atoms with Gasteiger partial charge in [-0.25, -0.2) is 0 Å². The van der Waals surface area contributed by atoms with Gasteiger partial charge in [0.15, 0.2) is 0 Å². The first-order valence-corrected chi connectivity index (χ1v) is 49.7. The highest BCUT2D eigenvalue weighted by molar-refractivity contribution is 6.51. The Balaban J connectivity index is 0.875. The number of rotatable bonds is 0. The van der Waals surface area contributed by atoms with Crippen molar-refractivity contribution >= 4 is 134 Å². The number of allylic oxidation sites excluding steroid dienone is 24. The van der Waals surface area contributed by atoms with Crippen LogP contribution in [0.1, 0.15) is 253 Å². The van der Waals surface area contributed by atoms with Gasteiger partial charge in [0.1, 0.15) is 0 Å². The molecule has 0 nitrogen and oxygen atoms in total. The van der Waals surface area contributed by atoms with E-state index in [2.05, 4.69) is 364 Å². The van der Waals surface area contributed by atoms with Crippen molar-refractivity contribution in [1.82, 2.24) is 0 Å². The van der Waals surface area contributed by atoms with E-state index in [1.54, 1.807) is 0 Å². The van der Waals surface area contributed by atoms with E-state index in [0.717, 1.165) is 215 Å². The van der Waals surface area contributed by atoms with Crippen molar-refractivity contribution in [2.75, 3.05) is 0 Å². The van der Waals surface area contributed by atoms with Crippen LogP contribution >= 0.6 is 69.6 Å². The van der Waals surface area contributed by atoms with Crippen LogP contribution in [0.3, 0.4) is 0 Å². The summed E-state index contributed by atoms with van der Waals surface area (Å²) >= 11 is 45.4. The Labute approximate surface area is 847 Å². The highest BCUT2D eigenvalue weighted by Gasteiger charge is 2.30. The van der Waals surface area contributed by atoms with Gasteiger partial charge in [-0.3, -0.25) is 0 Å². The van der Waals surface area contributed by atoms with Crippen molar-refractivity contribution in [1.29, 1.82) is 0 Å². The molecule has 0 radical (unpaired) electrons. The van der Waals surface area contributed by atoms with E-state index in [1.807, 2.05) is 72.8 Å². The van der Waals surface area contributed by atoms with Crippen LogP contribution in [0.15, 0.2) is 219 Å². The van der Waals surface area contributed by atoms with Crippen molar-refractivity contribution in [2.45, 2.75) is 187 Å².